The highest BCUT2D eigenvalue weighted by atomic mass is 15.0. The topological polar surface area (TPSA) is 17.3 Å². The number of rotatable bonds is 2. The zero-order chi connectivity index (χ0) is 13.4. The van der Waals surface area contributed by atoms with Crippen molar-refractivity contribution in [3.05, 3.63) is 59.9 Å². The van der Waals surface area contributed by atoms with E-state index in [9.17, 15) is 0 Å². The van der Waals surface area contributed by atoms with Gasteiger partial charge in [0.15, 0.2) is 0 Å². The monoisotopic (exact) mass is 250 g/mol. The van der Waals surface area contributed by atoms with E-state index in [2.05, 4.69) is 67.8 Å². The van der Waals surface area contributed by atoms with E-state index in [0.717, 1.165) is 11.3 Å². The van der Waals surface area contributed by atoms with Crippen LogP contribution in [0.3, 0.4) is 0 Å². The summed E-state index contributed by atoms with van der Waals surface area (Å²) in [6.45, 7) is 6.56. The molecule has 3 rings (SSSR count). The quantitative estimate of drug-likeness (QED) is 0.657. The molecule has 0 fully saturated rings. The maximum atomic E-state index is 4.81. The molecule has 2 nitrogen and oxygen atoms in total. The Bertz CT molecular complexity index is 709. The minimum atomic E-state index is 0.437. The molecule has 0 N–H and O–H groups in total. The lowest BCUT2D eigenvalue weighted by Crippen LogP contribution is -1.97. The van der Waals surface area contributed by atoms with Crippen LogP contribution in [0.5, 0.6) is 0 Å². The van der Waals surface area contributed by atoms with Gasteiger partial charge in [-0.1, -0.05) is 50.2 Å². The third-order valence-electron chi connectivity index (χ3n) is 3.40. The van der Waals surface area contributed by atoms with Crippen LogP contribution in [0, 0.1) is 6.92 Å². The molecule has 0 amide bonds. The van der Waals surface area contributed by atoms with Gasteiger partial charge in [0, 0.05) is 11.8 Å². The first-order chi connectivity index (χ1) is 9.16. The third kappa shape index (κ3) is 2.03. The van der Waals surface area contributed by atoms with Crippen LogP contribution in [-0.2, 0) is 0 Å². The molecule has 96 valence electrons. The minimum Gasteiger partial charge on any atom is -0.303 e. The predicted molar refractivity (Wildman–Crippen MR) is 79.5 cm³/mol. The van der Waals surface area contributed by atoms with Gasteiger partial charge in [-0.05, 0) is 24.5 Å². The molecule has 3 aromatic rings. The summed E-state index contributed by atoms with van der Waals surface area (Å²) in [5.74, 6) is 0.437. The van der Waals surface area contributed by atoms with Crippen LogP contribution in [-0.4, -0.2) is 9.38 Å². The molecule has 0 aliphatic rings. The molecule has 0 bridgehead atoms. The van der Waals surface area contributed by atoms with Crippen molar-refractivity contribution in [1.82, 2.24) is 9.38 Å². The number of fused-ring (bicyclic) bond motifs is 1. The number of pyridine rings is 1. The van der Waals surface area contributed by atoms with Crippen LogP contribution in [0.2, 0.25) is 0 Å². The van der Waals surface area contributed by atoms with Gasteiger partial charge in [0.2, 0.25) is 0 Å². The molecular formula is C17H18N2. The molecule has 0 aliphatic heterocycles. The van der Waals surface area contributed by atoms with E-state index >= 15 is 0 Å². The fourth-order valence-corrected chi connectivity index (χ4v) is 2.53. The van der Waals surface area contributed by atoms with E-state index in [1.807, 2.05) is 6.07 Å². The van der Waals surface area contributed by atoms with Crippen LogP contribution in [0.4, 0.5) is 0 Å². The van der Waals surface area contributed by atoms with Crippen LogP contribution in [0.15, 0.2) is 48.7 Å². The Morgan fingerprint density at radius 1 is 1.00 bits per heavy atom. The fourth-order valence-electron chi connectivity index (χ4n) is 2.53. The largest absolute Gasteiger partial charge is 0.303 e. The first-order valence-electron chi connectivity index (χ1n) is 6.71. The Kier molecular flexibility index (Phi) is 2.86. The molecule has 2 aromatic heterocycles. The van der Waals surface area contributed by atoms with Crippen molar-refractivity contribution in [2.24, 2.45) is 0 Å². The molecule has 0 unspecified atom stereocenters. The van der Waals surface area contributed by atoms with Gasteiger partial charge in [0.1, 0.15) is 5.65 Å². The van der Waals surface area contributed by atoms with Gasteiger partial charge in [-0.15, -0.1) is 0 Å². The molecule has 0 aliphatic carbocycles. The Labute approximate surface area is 113 Å². The molecule has 0 atom stereocenters. The summed E-state index contributed by atoms with van der Waals surface area (Å²) in [6, 6.07) is 14.6. The summed E-state index contributed by atoms with van der Waals surface area (Å²) in [7, 11) is 0. The number of nitrogens with zero attached hydrogens (tertiary/aromatic N) is 2. The van der Waals surface area contributed by atoms with Crippen molar-refractivity contribution in [2.45, 2.75) is 26.7 Å². The fraction of sp³-hybridized carbons (Fsp3) is 0.235. The summed E-state index contributed by atoms with van der Waals surface area (Å²) in [6.07, 6.45) is 2.17. The van der Waals surface area contributed by atoms with Crippen LogP contribution >= 0.6 is 0 Å². The SMILES string of the molecule is Cc1ccc2nc(-c3ccccc3)c(C(C)C)n2c1. The maximum Gasteiger partial charge on any atom is 0.137 e. The average molecular weight is 250 g/mol. The Morgan fingerprint density at radius 2 is 1.74 bits per heavy atom. The number of benzene rings is 1. The van der Waals surface area contributed by atoms with E-state index in [4.69, 9.17) is 4.98 Å². The Hall–Kier alpha value is -2.09. The maximum absolute atomic E-state index is 4.81. The van der Waals surface area contributed by atoms with E-state index in [-0.39, 0.29) is 0 Å². The van der Waals surface area contributed by atoms with Gasteiger partial charge in [-0.3, -0.25) is 0 Å². The molecule has 0 saturated carbocycles. The van der Waals surface area contributed by atoms with Crippen molar-refractivity contribution >= 4 is 5.65 Å². The number of hydrogen-bond acceptors (Lipinski definition) is 1. The average Bonchev–Trinajstić information content (AvgIpc) is 2.78. The first kappa shape index (κ1) is 12.0. The van der Waals surface area contributed by atoms with Crippen molar-refractivity contribution in [3.63, 3.8) is 0 Å². The van der Waals surface area contributed by atoms with Gasteiger partial charge in [-0.2, -0.15) is 0 Å². The van der Waals surface area contributed by atoms with E-state index in [1.54, 1.807) is 0 Å². The van der Waals surface area contributed by atoms with E-state index in [1.165, 1.54) is 16.8 Å². The number of aryl methyl sites for hydroxylation is 1. The Balaban J connectivity index is 2.33. The number of hydrogen-bond donors (Lipinski definition) is 0. The highest BCUT2D eigenvalue weighted by Gasteiger charge is 2.16. The molecule has 0 radical (unpaired) electrons. The van der Waals surface area contributed by atoms with Crippen LogP contribution in [0.25, 0.3) is 16.9 Å². The van der Waals surface area contributed by atoms with Crippen molar-refractivity contribution < 1.29 is 0 Å². The zero-order valence-electron chi connectivity index (χ0n) is 11.6. The summed E-state index contributed by atoms with van der Waals surface area (Å²) < 4.78 is 2.22. The van der Waals surface area contributed by atoms with Gasteiger partial charge in [-0.25, -0.2) is 4.98 Å². The van der Waals surface area contributed by atoms with Gasteiger partial charge in [0.05, 0.1) is 11.4 Å². The number of aromatic nitrogens is 2. The molecular weight excluding hydrogens is 232 g/mol. The zero-order valence-corrected chi connectivity index (χ0v) is 11.6. The lowest BCUT2D eigenvalue weighted by molar-refractivity contribution is 0.810. The molecule has 0 spiro atoms. The smallest absolute Gasteiger partial charge is 0.137 e. The second-order valence-electron chi connectivity index (χ2n) is 5.30. The third-order valence-corrected chi connectivity index (χ3v) is 3.40. The van der Waals surface area contributed by atoms with E-state index in [0.29, 0.717) is 5.92 Å². The number of imidazole rings is 1. The predicted octanol–water partition coefficient (Wildman–Crippen LogP) is 4.43. The van der Waals surface area contributed by atoms with Crippen LogP contribution < -0.4 is 0 Å². The first-order valence-corrected chi connectivity index (χ1v) is 6.71. The summed E-state index contributed by atoms with van der Waals surface area (Å²) >= 11 is 0. The van der Waals surface area contributed by atoms with Gasteiger partial charge >= 0.3 is 0 Å². The summed E-state index contributed by atoms with van der Waals surface area (Å²) in [5, 5.41) is 0. The second-order valence-corrected chi connectivity index (χ2v) is 5.30. The van der Waals surface area contributed by atoms with Gasteiger partial charge < -0.3 is 4.40 Å². The normalized spacial score (nSPS) is 11.4. The summed E-state index contributed by atoms with van der Waals surface area (Å²) in [5.41, 5.74) is 5.85. The highest BCUT2D eigenvalue weighted by Crippen LogP contribution is 2.29. The standard InChI is InChI=1S/C17H18N2/c1-12(2)17-16(14-7-5-4-6-8-14)18-15-10-9-13(3)11-19(15)17/h4-12H,1-3H3. The van der Waals surface area contributed by atoms with Crippen LogP contribution in [0.1, 0.15) is 31.0 Å². The second kappa shape index (κ2) is 4.54. The van der Waals surface area contributed by atoms with Gasteiger partial charge in [0.25, 0.3) is 0 Å². The molecule has 19 heavy (non-hydrogen) atoms. The van der Waals surface area contributed by atoms with E-state index < -0.39 is 0 Å². The van der Waals surface area contributed by atoms with Crippen molar-refractivity contribution in [1.29, 1.82) is 0 Å². The molecule has 2 heterocycles. The lowest BCUT2D eigenvalue weighted by atomic mass is 10.0. The summed E-state index contributed by atoms with van der Waals surface area (Å²) in [4.78, 5) is 4.81. The molecule has 0 saturated heterocycles. The Morgan fingerprint density at radius 3 is 2.42 bits per heavy atom. The lowest BCUT2D eigenvalue weighted by Gasteiger charge is -2.09. The molecule has 2 heteroatoms. The molecule has 1 aromatic carbocycles. The minimum absolute atomic E-state index is 0.437. The highest BCUT2D eigenvalue weighted by molar-refractivity contribution is 5.67. The van der Waals surface area contributed by atoms with Crippen molar-refractivity contribution in [2.75, 3.05) is 0 Å². The van der Waals surface area contributed by atoms with Crippen molar-refractivity contribution in [3.8, 4) is 11.3 Å².